The van der Waals surface area contributed by atoms with E-state index in [0.29, 0.717) is 36.8 Å². The Morgan fingerprint density at radius 2 is 1.61 bits per heavy atom. The number of nitrogens with one attached hydrogen (secondary N) is 1. The largest absolute Gasteiger partial charge is 0.368 e. The van der Waals surface area contributed by atoms with Gasteiger partial charge in [-0.3, -0.25) is 9.52 Å². The third-order valence-corrected chi connectivity index (χ3v) is 7.52. The summed E-state index contributed by atoms with van der Waals surface area (Å²) in [5.74, 6) is -0.142. The van der Waals surface area contributed by atoms with Crippen LogP contribution in [0.25, 0.3) is 0 Å². The Morgan fingerprint density at radius 3 is 2.27 bits per heavy atom. The zero-order chi connectivity index (χ0) is 23.6. The lowest BCUT2D eigenvalue weighted by molar-refractivity contribution is 0.0747. The number of hydrogen-bond acceptors (Lipinski definition) is 4. The summed E-state index contributed by atoms with van der Waals surface area (Å²) in [5.41, 5.74) is 2.85. The lowest BCUT2D eigenvalue weighted by atomic mass is 10.1. The molecule has 9 heteroatoms. The number of benzene rings is 3. The fraction of sp³-hybridized carbons (Fsp3) is 0.208. The zero-order valence-electron chi connectivity index (χ0n) is 18.0. The fourth-order valence-corrected chi connectivity index (χ4v) is 5.34. The van der Waals surface area contributed by atoms with Gasteiger partial charge in [0, 0.05) is 42.5 Å². The van der Waals surface area contributed by atoms with E-state index >= 15 is 0 Å². The lowest BCUT2D eigenvalue weighted by Crippen LogP contribution is -2.49. The van der Waals surface area contributed by atoms with E-state index < -0.39 is 10.0 Å². The molecule has 0 spiro atoms. The van der Waals surface area contributed by atoms with Gasteiger partial charge in [0.15, 0.2) is 0 Å². The summed E-state index contributed by atoms with van der Waals surface area (Å²) in [4.78, 5) is 17.2. The Balaban J connectivity index is 1.43. The Hall–Kier alpha value is -2.74. The molecule has 33 heavy (non-hydrogen) atoms. The highest BCUT2D eigenvalue weighted by Gasteiger charge is 2.24. The minimum Gasteiger partial charge on any atom is -0.368 e. The van der Waals surface area contributed by atoms with E-state index in [1.54, 1.807) is 29.2 Å². The van der Waals surface area contributed by atoms with Gasteiger partial charge in [-0.15, -0.1) is 0 Å². The van der Waals surface area contributed by atoms with Crippen LogP contribution < -0.4 is 9.62 Å². The van der Waals surface area contributed by atoms with Crippen LogP contribution in [0, 0.1) is 6.92 Å². The standard InChI is InChI=1S/C24H23Cl2N3O3S/c1-17-7-9-19(25)16-23(17)28-11-13-29(14-12-28)24(30)18-8-10-22(21(26)15-18)27-33(31,32)20-5-3-2-4-6-20/h2-10,15-16,27H,11-14H2,1H3. The number of nitrogens with zero attached hydrogens (tertiary/aromatic N) is 2. The van der Waals surface area contributed by atoms with E-state index in [1.165, 1.54) is 24.3 Å². The van der Waals surface area contributed by atoms with Gasteiger partial charge in [-0.1, -0.05) is 47.5 Å². The van der Waals surface area contributed by atoms with Crippen molar-refractivity contribution < 1.29 is 13.2 Å². The average molecular weight is 504 g/mol. The third kappa shape index (κ3) is 5.27. The number of rotatable bonds is 5. The van der Waals surface area contributed by atoms with Crippen molar-refractivity contribution in [1.29, 1.82) is 0 Å². The van der Waals surface area contributed by atoms with Crippen LogP contribution in [-0.4, -0.2) is 45.4 Å². The van der Waals surface area contributed by atoms with Gasteiger partial charge in [0.1, 0.15) is 0 Å². The SMILES string of the molecule is Cc1ccc(Cl)cc1N1CCN(C(=O)c2ccc(NS(=O)(=O)c3ccccc3)c(Cl)c2)CC1. The second kappa shape index (κ2) is 9.63. The Kier molecular flexibility index (Phi) is 6.83. The predicted octanol–water partition coefficient (Wildman–Crippen LogP) is 5.07. The highest BCUT2D eigenvalue weighted by atomic mass is 35.5. The predicted molar refractivity (Wildman–Crippen MR) is 133 cm³/mol. The molecule has 1 fully saturated rings. The highest BCUT2D eigenvalue weighted by Crippen LogP contribution is 2.28. The molecule has 4 rings (SSSR count). The minimum atomic E-state index is -3.77. The molecule has 0 radical (unpaired) electrons. The van der Waals surface area contributed by atoms with E-state index in [0.717, 1.165) is 11.3 Å². The molecular formula is C24H23Cl2N3O3S. The Bertz CT molecular complexity index is 1280. The number of anilines is 2. The van der Waals surface area contributed by atoms with Crippen LogP contribution in [0.2, 0.25) is 10.0 Å². The first kappa shape index (κ1) is 23.4. The van der Waals surface area contributed by atoms with E-state index in [4.69, 9.17) is 23.2 Å². The lowest BCUT2D eigenvalue weighted by Gasteiger charge is -2.37. The van der Waals surface area contributed by atoms with Gasteiger partial charge < -0.3 is 9.80 Å². The van der Waals surface area contributed by atoms with Crippen molar-refractivity contribution >= 4 is 50.5 Å². The first-order chi connectivity index (χ1) is 15.7. The van der Waals surface area contributed by atoms with Crippen LogP contribution in [0.1, 0.15) is 15.9 Å². The van der Waals surface area contributed by atoms with Crippen molar-refractivity contribution in [3.63, 3.8) is 0 Å². The number of sulfonamides is 1. The van der Waals surface area contributed by atoms with Crippen LogP contribution in [0.5, 0.6) is 0 Å². The second-order valence-corrected chi connectivity index (χ2v) is 10.3. The van der Waals surface area contributed by atoms with E-state index in [2.05, 4.69) is 9.62 Å². The molecular weight excluding hydrogens is 481 g/mol. The first-order valence-corrected chi connectivity index (χ1v) is 12.7. The molecule has 0 aliphatic carbocycles. The number of carbonyl (C=O) groups excluding carboxylic acids is 1. The molecule has 3 aromatic carbocycles. The molecule has 0 saturated carbocycles. The van der Waals surface area contributed by atoms with Gasteiger partial charge >= 0.3 is 0 Å². The number of amides is 1. The third-order valence-electron chi connectivity index (χ3n) is 5.59. The number of hydrogen-bond donors (Lipinski definition) is 1. The first-order valence-electron chi connectivity index (χ1n) is 10.4. The topological polar surface area (TPSA) is 69.7 Å². The molecule has 1 aliphatic rings. The number of halogens is 2. The summed E-state index contributed by atoms with van der Waals surface area (Å²) in [7, 11) is -3.77. The molecule has 172 valence electrons. The summed E-state index contributed by atoms with van der Waals surface area (Å²) in [5, 5.41) is 0.847. The van der Waals surface area contributed by atoms with Crippen molar-refractivity contribution in [2.24, 2.45) is 0 Å². The maximum atomic E-state index is 13.0. The molecule has 0 atom stereocenters. The quantitative estimate of drug-likeness (QED) is 0.527. The van der Waals surface area contributed by atoms with Gasteiger partial charge in [-0.25, -0.2) is 8.42 Å². The van der Waals surface area contributed by atoms with Crippen molar-refractivity contribution in [2.75, 3.05) is 35.8 Å². The maximum absolute atomic E-state index is 13.0. The smallest absolute Gasteiger partial charge is 0.261 e. The van der Waals surface area contributed by atoms with Gasteiger partial charge in [0.2, 0.25) is 0 Å². The molecule has 0 aromatic heterocycles. The van der Waals surface area contributed by atoms with Crippen molar-refractivity contribution in [3.05, 3.63) is 87.9 Å². The number of carbonyl (C=O) groups is 1. The number of aryl methyl sites for hydroxylation is 1. The number of piperazine rings is 1. The molecule has 1 heterocycles. The summed E-state index contributed by atoms with van der Waals surface area (Å²) in [6.07, 6.45) is 0. The van der Waals surface area contributed by atoms with Crippen LogP contribution in [-0.2, 0) is 10.0 Å². The summed E-state index contributed by atoms with van der Waals surface area (Å²) >= 11 is 12.5. The van der Waals surface area contributed by atoms with E-state index in [9.17, 15) is 13.2 Å². The highest BCUT2D eigenvalue weighted by molar-refractivity contribution is 7.92. The monoisotopic (exact) mass is 503 g/mol. The van der Waals surface area contributed by atoms with Crippen LogP contribution >= 0.6 is 23.2 Å². The zero-order valence-corrected chi connectivity index (χ0v) is 20.3. The maximum Gasteiger partial charge on any atom is 0.261 e. The van der Waals surface area contributed by atoms with Crippen LogP contribution in [0.4, 0.5) is 11.4 Å². The van der Waals surface area contributed by atoms with Gasteiger partial charge in [-0.05, 0) is 55.0 Å². The molecule has 1 saturated heterocycles. The van der Waals surface area contributed by atoms with E-state index in [1.807, 2.05) is 25.1 Å². The fourth-order valence-electron chi connectivity index (χ4n) is 3.79. The van der Waals surface area contributed by atoms with Crippen LogP contribution in [0.15, 0.2) is 71.6 Å². The summed E-state index contributed by atoms with van der Waals surface area (Å²) < 4.78 is 27.6. The summed E-state index contributed by atoms with van der Waals surface area (Å²) in [6, 6.07) is 18.4. The second-order valence-electron chi connectivity index (χ2n) is 7.82. The normalized spacial score (nSPS) is 14.3. The van der Waals surface area contributed by atoms with Crippen molar-refractivity contribution in [1.82, 2.24) is 4.90 Å². The Morgan fingerprint density at radius 1 is 0.909 bits per heavy atom. The van der Waals surface area contributed by atoms with Crippen LogP contribution in [0.3, 0.4) is 0 Å². The molecule has 3 aromatic rings. The molecule has 1 amide bonds. The molecule has 6 nitrogen and oxygen atoms in total. The average Bonchev–Trinajstić information content (AvgIpc) is 2.82. The summed E-state index contributed by atoms with van der Waals surface area (Å²) in [6.45, 7) is 4.54. The van der Waals surface area contributed by atoms with Crippen molar-refractivity contribution in [2.45, 2.75) is 11.8 Å². The molecule has 0 bridgehead atoms. The van der Waals surface area contributed by atoms with Gasteiger partial charge in [0.25, 0.3) is 15.9 Å². The van der Waals surface area contributed by atoms with E-state index in [-0.39, 0.29) is 21.5 Å². The van der Waals surface area contributed by atoms with Crippen molar-refractivity contribution in [3.8, 4) is 0 Å². The molecule has 0 unspecified atom stereocenters. The Labute approximate surface area is 203 Å². The van der Waals surface area contributed by atoms with Gasteiger partial charge in [-0.2, -0.15) is 0 Å². The minimum absolute atomic E-state index is 0.133. The molecule has 1 aliphatic heterocycles. The molecule has 1 N–H and O–H groups in total. The van der Waals surface area contributed by atoms with Gasteiger partial charge in [0.05, 0.1) is 15.6 Å².